The normalized spacial score (nSPS) is 10.1. The van der Waals surface area contributed by atoms with Crippen LogP contribution in [-0.4, -0.2) is 16.1 Å². The lowest BCUT2D eigenvalue weighted by Crippen LogP contribution is -2.04. The van der Waals surface area contributed by atoms with Gasteiger partial charge in [0.05, 0.1) is 11.3 Å². The van der Waals surface area contributed by atoms with Crippen LogP contribution < -0.4 is 0 Å². The summed E-state index contributed by atoms with van der Waals surface area (Å²) in [5, 5.41) is 9.51. The van der Waals surface area contributed by atoms with Crippen molar-refractivity contribution in [2.24, 2.45) is 0 Å². The topological polar surface area (TPSA) is 50.2 Å². The third kappa shape index (κ3) is 2.19. The summed E-state index contributed by atoms with van der Waals surface area (Å²) < 4.78 is 0. The fraction of sp³-hybridized carbons (Fsp3) is 0.250. The highest BCUT2D eigenvalue weighted by Gasteiger charge is 2.12. The molecule has 1 N–H and O–H groups in total. The van der Waals surface area contributed by atoms with E-state index in [-0.39, 0.29) is 10.7 Å². The predicted molar refractivity (Wildman–Crippen MR) is 53.6 cm³/mol. The van der Waals surface area contributed by atoms with Crippen molar-refractivity contribution in [3.05, 3.63) is 28.0 Å². The highest BCUT2D eigenvalue weighted by atomic mass is 79.9. The molecular weight excluding hydrogens is 257 g/mol. The molecule has 0 fully saturated rings. The fourth-order valence-corrected chi connectivity index (χ4v) is 1.74. The lowest BCUT2D eigenvalue weighted by atomic mass is 10.1. The molecule has 0 bridgehead atoms. The van der Waals surface area contributed by atoms with Crippen LogP contribution in [0.1, 0.15) is 21.6 Å². The van der Waals surface area contributed by atoms with E-state index in [9.17, 15) is 4.79 Å². The number of carboxylic acids is 1. The molecule has 0 amide bonds. The fourth-order valence-electron chi connectivity index (χ4n) is 0.980. The summed E-state index contributed by atoms with van der Waals surface area (Å²) in [7, 11) is 0. The number of rotatable bonds is 2. The molecule has 1 aromatic rings. The molecule has 0 atom stereocenters. The number of aromatic carboxylic acids is 1. The van der Waals surface area contributed by atoms with E-state index in [0.717, 1.165) is 0 Å². The van der Waals surface area contributed by atoms with Gasteiger partial charge in [-0.2, -0.15) is 0 Å². The minimum atomic E-state index is -0.982. The number of aromatic nitrogens is 1. The highest BCUT2D eigenvalue weighted by Crippen LogP contribution is 2.18. The van der Waals surface area contributed by atoms with Gasteiger partial charge in [0.15, 0.2) is 0 Å². The van der Waals surface area contributed by atoms with Gasteiger partial charge in [0.1, 0.15) is 5.15 Å². The van der Waals surface area contributed by atoms with Crippen molar-refractivity contribution in [1.29, 1.82) is 0 Å². The number of pyridine rings is 1. The van der Waals surface area contributed by atoms with E-state index in [2.05, 4.69) is 20.9 Å². The van der Waals surface area contributed by atoms with E-state index in [1.54, 1.807) is 6.92 Å². The molecule has 1 rings (SSSR count). The van der Waals surface area contributed by atoms with Crippen LogP contribution in [0.4, 0.5) is 0 Å². The Hall–Kier alpha value is -0.610. The molecule has 0 spiro atoms. The quantitative estimate of drug-likeness (QED) is 0.660. The van der Waals surface area contributed by atoms with E-state index in [0.29, 0.717) is 16.6 Å². The van der Waals surface area contributed by atoms with Gasteiger partial charge in [-0.05, 0) is 18.6 Å². The molecule has 70 valence electrons. The van der Waals surface area contributed by atoms with Crippen LogP contribution in [0.25, 0.3) is 0 Å². The zero-order valence-electron chi connectivity index (χ0n) is 6.84. The van der Waals surface area contributed by atoms with Gasteiger partial charge in [0.2, 0.25) is 0 Å². The van der Waals surface area contributed by atoms with Gasteiger partial charge < -0.3 is 5.11 Å². The molecule has 0 unspecified atom stereocenters. The van der Waals surface area contributed by atoms with Crippen LogP contribution in [0.5, 0.6) is 0 Å². The average molecular weight is 265 g/mol. The standard InChI is InChI=1S/C8H7BrClNO2/c1-4-5(8(12)13)2-7(10)11-6(4)3-9/h2H,3H2,1H3,(H,12,13). The van der Waals surface area contributed by atoms with Crippen LogP contribution in [-0.2, 0) is 5.33 Å². The molecule has 0 aliphatic carbocycles. The summed E-state index contributed by atoms with van der Waals surface area (Å²) in [6, 6.07) is 1.35. The zero-order chi connectivity index (χ0) is 10.0. The molecule has 0 aromatic carbocycles. The maximum Gasteiger partial charge on any atom is 0.336 e. The SMILES string of the molecule is Cc1c(C(=O)O)cc(Cl)nc1CBr. The van der Waals surface area contributed by atoms with Gasteiger partial charge in [0.25, 0.3) is 0 Å². The first kappa shape index (κ1) is 10.5. The van der Waals surface area contributed by atoms with Crippen LogP contribution in [0.2, 0.25) is 5.15 Å². The van der Waals surface area contributed by atoms with Crippen LogP contribution in [0, 0.1) is 6.92 Å². The summed E-state index contributed by atoms with van der Waals surface area (Å²) in [5.74, 6) is -0.982. The first-order valence-electron chi connectivity index (χ1n) is 3.51. The summed E-state index contributed by atoms with van der Waals surface area (Å²) in [4.78, 5) is 14.7. The smallest absolute Gasteiger partial charge is 0.336 e. The van der Waals surface area contributed by atoms with Crippen molar-refractivity contribution in [2.75, 3.05) is 0 Å². The molecular formula is C8H7BrClNO2. The van der Waals surface area contributed by atoms with Gasteiger partial charge in [-0.15, -0.1) is 0 Å². The Morgan fingerprint density at radius 2 is 2.38 bits per heavy atom. The van der Waals surface area contributed by atoms with E-state index in [4.69, 9.17) is 16.7 Å². The minimum absolute atomic E-state index is 0.203. The number of hydrogen-bond acceptors (Lipinski definition) is 2. The third-order valence-electron chi connectivity index (χ3n) is 1.70. The van der Waals surface area contributed by atoms with E-state index < -0.39 is 5.97 Å². The molecule has 3 nitrogen and oxygen atoms in total. The maximum absolute atomic E-state index is 10.7. The van der Waals surface area contributed by atoms with Crippen molar-refractivity contribution >= 4 is 33.5 Å². The molecule has 1 aromatic heterocycles. The van der Waals surface area contributed by atoms with Crippen molar-refractivity contribution in [3.63, 3.8) is 0 Å². The van der Waals surface area contributed by atoms with Gasteiger partial charge in [-0.25, -0.2) is 9.78 Å². The van der Waals surface area contributed by atoms with E-state index in [1.165, 1.54) is 6.07 Å². The lowest BCUT2D eigenvalue weighted by molar-refractivity contribution is 0.0696. The summed E-state index contributed by atoms with van der Waals surface area (Å²) in [6.07, 6.45) is 0. The Balaban J connectivity index is 3.35. The van der Waals surface area contributed by atoms with E-state index >= 15 is 0 Å². The summed E-state index contributed by atoms with van der Waals surface area (Å²) in [5.41, 5.74) is 1.51. The second-order valence-electron chi connectivity index (χ2n) is 2.50. The zero-order valence-corrected chi connectivity index (χ0v) is 9.18. The Labute approximate surface area is 88.9 Å². The van der Waals surface area contributed by atoms with E-state index in [1.807, 2.05) is 0 Å². The number of alkyl halides is 1. The predicted octanol–water partition coefficient (Wildman–Crippen LogP) is 2.64. The molecule has 0 radical (unpaired) electrons. The van der Waals surface area contributed by atoms with Crippen molar-refractivity contribution in [3.8, 4) is 0 Å². The highest BCUT2D eigenvalue weighted by molar-refractivity contribution is 9.08. The second kappa shape index (κ2) is 4.07. The summed E-state index contributed by atoms with van der Waals surface area (Å²) >= 11 is 8.86. The Kier molecular flexibility index (Phi) is 3.27. The molecule has 5 heteroatoms. The van der Waals surface area contributed by atoms with Crippen LogP contribution in [0.3, 0.4) is 0 Å². The number of nitrogens with zero attached hydrogens (tertiary/aromatic N) is 1. The Morgan fingerprint density at radius 1 is 1.77 bits per heavy atom. The van der Waals surface area contributed by atoms with Gasteiger partial charge >= 0.3 is 5.97 Å². The Morgan fingerprint density at radius 3 is 2.85 bits per heavy atom. The number of halogens is 2. The first-order chi connectivity index (χ1) is 6.06. The first-order valence-corrected chi connectivity index (χ1v) is 5.01. The molecule has 1 heterocycles. The van der Waals surface area contributed by atoms with Gasteiger partial charge in [0, 0.05) is 5.33 Å². The van der Waals surface area contributed by atoms with Crippen molar-refractivity contribution < 1.29 is 9.90 Å². The molecule has 0 aliphatic heterocycles. The van der Waals surface area contributed by atoms with Crippen LogP contribution in [0.15, 0.2) is 6.07 Å². The third-order valence-corrected chi connectivity index (χ3v) is 2.42. The van der Waals surface area contributed by atoms with Crippen molar-refractivity contribution in [2.45, 2.75) is 12.3 Å². The average Bonchev–Trinajstić information content (AvgIpc) is 2.08. The largest absolute Gasteiger partial charge is 0.478 e. The van der Waals surface area contributed by atoms with Gasteiger partial charge in [-0.3, -0.25) is 0 Å². The molecule has 13 heavy (non-hydrogen) atoms. The summed E-state index contributed by atoms with van der Waals surface area (Å²) in [6.45, 7) is 1.71. The second-order valence-corrected chi connectivity index (χ2v) is 3.45. The maximum atomic E-state index is 10.7. The van der Waals surface area contributed by atoms with Gasteiger partial charge in [-0.1, -0.05) is 27.5 Å². The number of hydrogen-bond donors (Lipinski definition) is 1. The molecule has 0 aliphatic rings. The van der Waals surface area contributed by atoms with Crippen LogP contribution >= 0.6 is 27.5 Å². The molecule has 0 saturated carbocycles. The van der Waals surface area contributed by atoms with Crippen molar-refractivity contribution in [1.82, 2.24) is 4.98 Å². The number of carbonyl (C=O) groups is 1. The Bertz CT molecular complexity index is 354. The molecule has 0 saturated heterocycles. The minimum Gasteiger partial charge on any atom is -0.478 e. The number of carboxylic acid groups (broad SMARTS) is 1. The lowest BCUT2D eigenvalue weighted by Gasteiger charge is -2.05. The monoisotopic (exact) mass is 263 g/mol.